The molecule has 0 aromatic carbocycles. The van der Waals surface area contributed by atoms with Gasteiger partial charge in [-0.2, -0.15) is 0 Å². The fraction of sp³-hybridized carbons (Fsp3) is 0.671. The van der Waals surface area contributed by atoms with E-state index in [0.717, 1.165) is 116 Å². The van der Waals surface area contributed by atoms with Crippen molar-refractivity contribution in [3.8, 4) is 0 Å². The Bertz CT molecular complexity index is 2010. The van der Waals surface area contributed by atoms with Crippen LogP contribution in [0, 0.1) is 0 Å². The van der Waals surface area contributed by atoms with E-state index in [-0.39, 0.29) is 32.2 Å². The molecule has 9 heteroatoms. The van der Waals surface area contributed by atoms with Crippen LogP contribution in [0.4, 0.5) is 0 Å². The van der Waals surface area contributed by atoms with Crippen LogP contribution in [0.1, 0.15) is 296 Å². The van der Waals surface area contributed by atoms with E-state index < -0.39 is 24.3 Å². The van der Waals surface area contributed by atoms with Gasteiger partial charge in [-0.15, -0.1) is 0 Å². The third-order valence-corrected chi connectivity index (χ3v) is 15.6. The molecule has 0 aliphatic heterocycles. The van der Waals surface area contributed by atoms with Crippen LogP contribution in [0.2, 0.25) is 0 Å². The van der Waals surface area contributed by atoms with Crippen LogP contribution in [0.25, 0.3) is 0 Å². The molecule has 0 rings (SSSR count). The molecule has 0 aromatic heterocycles. The van der Waals surface area contributed by atoms with E-state index in [9.17, 15) is 19.5 Å². The molecule has 91 heavy (non-hydrogen) atoms. The maximum Gasteiger partial charge on any atom is 0.361 e. The number of likely N-dealkylation sites (N-methyl/N-ethyl adjacent to an activating group) is 1. The highest BCUT2D eigenvalue weighted by atomic mass is 16.7. The molecule has 0 radical (unpaired) electrons. The Morgan fingerprint density at radius 1 is 0.341 bits per heavy atom. The number of carbonyl (C=O) groups is 3. The monoisotopic (exact) mass is 1270 g/mol. The number of allylic oxidation sites excluding steroid dienone is 24. The molecular formula is C82H138NO8+. The van der Waals surface area contributed by atoms with Crippen molar-refractivity contribution in [1.82, 2.24) is 0 Å². The van der Waals surface area contributed by atoms with Gasteiger partial charge in [0.05, 0.1) is 34.4 Å². The summed E-state index contributed by atoms with van der Waals surface area (Å²) in [7, 11) is 5.97. The number of ether oxygens (including phenoxy) is 4. The highest BCUT2D eigenvalue weighted by molar-refractivity contribution is 5.71. The van der Waals surface area contributed by atoms with Crippen LogP contribution >= 0.6 is 0 Å². The van der Waals surface area contributed by atoms with Gasteiger partial charge in [-0.05, 0) is 122 Å². The molecule has 2 unspecified atom stereocenters. The van der Waals surface area contributed by atoms with Gasteiger partial charge in [0.2, 0.25) is 0 Å². The molecule has 9 nitrogen and oxygen atoms in total. The van der Waals surface area contributed by atoms with E-state index in [1.165, 1.54) is 148 Å². The number of unbranched alkanes of at least 4 members (excludes halogenated alkanes) is 28. The number of carboxylic acids is 1. The highest BCUT2D eigenvalue weighted by Crippen LogP contribution is 2.17. The van der Waals surface area contributed by atoms with Crippen molar-refractivity contribution in [3.05, 3.63) is 146 Å². The lowest BCUT2D eigenvalue weighted by atomic mass is 10.0. The summed E-state index contributed by atoms with van der Waals surface area (Å²) < 4.78 is 23.0. The number of carboxylic acid groups (broad SMARTS) is 1. The zero-order valence-electron chi connectivity index (χ0n) is 59.2. The molecule has 0 heterocycles. The summed E-state index contributed by atoms with van der Waals surface area (Å²) in [6.45, 7) is 4.75. The fourth-order valence-electron chi connectivity index (χ4n) is 9.96. The van der Waals surface area contributed by atoms with Crippen LogP contribution in [0.5, 0.6) is 0 Å². The molecule has 0 saturated heterocycles. The lowest BCUT2D eigenvalue weighted by molar-refractivity contribution is -0.870. The standard InChI is InChI=1S/C82H137NO8/c1-6-8-10-12-14-16-18-20-22-24-26-28-30-32-34-36-37-38-39-40-41-42-43-45-47-49-51-53-55-57-59-61-63-65-67-69-71-73-80(85)91-78(77-90-82(81(86)87)88-75-74-83(3,4)5)76-89-79(84)72-70-68-66-64-62-60-58-56-54-52-50-48-46-44-35-33-31-29-27-25-23-21-19-17-15-13-11-9-7-2/h8,10,14,16,19-22,25-28,31-34,37-38,40-41,43,45,49,51,78,82H,6-7,9,11-13,15,17-18,23-24,29-30,35-36,39,42,44,46-48,50,52-77H2,1-5H3/p+1/b10-8-,16-14-,21-19-,22-20-,27-25-,28-26-,33-31-,34-32-,38-37-,41-40-,45-43-,51-49-. The van der Waals surface area contributed by atoms with Crippen LogP contribution in [0.15, 0.2) is 146 Å². The second-order valence-electron chi connectivity index (χ2n) is 25.5. The zero-order chi connectivity index (χ0) is 66.1. The summed E-state index contributed by atoms with van der Waals surface area (Å²) in [5, 5.41) is 9.76. The Balaban J connectivity index is 4.16. The summed E-state index contributed by atoms with van der Waals surface area (Å²) >= 11 is 0. The van der Waals surface area contributed by atoms with E-state index in [1.54, 1.807) is 0 Å². The molecular weight excluding hydrogens is 1130 g/mol. The first-order chi connectivity index (χ1) is 44.6. The van der Waals surface area contributed by atoms with Gasteiger partial charge in [0, 0.05) is 12.8 Å². The average Bonchev–Trinajstić information content (AvgIpc) is 3.50. The molecule has 0 aliphatic carbocycles. The Kier molecular flexibility index (Phi) is 67.3. The van der Waals surface area contributed by atoms with Gasteiger partial charge in [-0.25, -0.2) is 4.79 Å². The van der Waals surface area contributed by atoms with Crippen molar-refractivity contribution in [1.29, 1.82) is 0 Å². The van der Waals surface area contributed by atoms with Gasteiger partial charge < -0.3 is 28.5 Å². The van der Waals surface area contributed by atoms with E-state index in [4.69, 9.17) is 18.9 Å². The topological polar surface area (TPSA) is 108 Å². The van der Waals surface area contributed by atoms with Gasteiger partial charge in [-0.3, -0.25) is 9.59 Å². The smallest absolute Gasteiger partial charge is 0.361 e. The number of esters is 2. The van der Waals surface area contributed by atoms with E-state index in [2.05, 4.69) is 160 Å². The molecule has 518 valence electrons. The first-order valence-corrected chi connectivity index (χ1v) is 37.0. The Labute approximate surface area is 560 Å². The third kappa shape index (κ3) is 72.5. The summed E-state index contributed by atoms with van der Waals surface area (Å²) in [4.78, 5) is 37.7. The second-order valence-corrected chi connectivity index (χ2v) is 25.5. The highest BCUT2D eigenvalue weighted by Gasteiger charge is 2.25. The van der Waals surface area contributed by atoms with Crippen molar-refractivity contribution in [2.24, 2.45) is 0 Å². The molecule has 0 fully saturated rings. The minimum Gasteiger partial charge on any atom is -0.477 e. The fourth-order valence-corrected chi connectivity index (χ4v) is 9.96. The predicted octanol–water partition coefficient (Wildman–Crippen LogP) is 23.5. The van der Waals surface area contributed by atoms with E-state index in [1.807, 2.05) is 21.1 Å². The second kappa shape index (κ2) is 71.0. The van der Waals surface area contributed by atoms with Crippen LogP contribution in [0.3, 0.4) is 0 Å². The molecule has 0 amide bonds. The van der Waals surface area contributed by atoms with Crippen LogP contribution < -0.4 is 0 Å². The Hall–Kier alpha value is -4.83. The van der Waals surface area contributed by atoms with Gasteiger partial charge in [-0.1, -0.05) is 307 Å². The van der Waals surface area contributed by atoms with Crippen molar-refractivity contribution in [2.45, 2.75) is 309 Å². The van der Waals surface area contributed by atoms with Crippen molar-refractivity contribution >= 4 is 17.9 Å². The van der Waals surface area contributed by atoms with Crippen LogP contribution in [-0.2, 0) is 33.3 Å². The molecule has 0 bridgehead atoms. The summed E-state index contributed by atoms with van der Waals surface area (Å²) in [6.07, 6.45) is 101. The molecule has 2 atom stereocenters. The molecule has 0 saturated carbocycles. The maximum absolute atomic E-state index is 13.0. The maximum atomic E-state index is 13.0. The number of nitrogens with zero attached hydrogens (tertiary/aromatic N) is 1. The van der Waals surface area contributed by atoms with E-state index >= 15 is 0 Å². The minimum atomic E-state index is -1.52. The number of hydrogen-bond acceptors (Lipinski definition) is 7. The van der Waals surface area contributed by atoms with Gasteiger partial charge in [0.15, 0.2) is 6.10 Å². The number of rotatable bonds is 67. The largest absolute Gasteiger partial charge is 0.477 e. The van der Waals surface area contributed by atoms with E-state index in [0.29, 0.717) is 23.9 Å². The number of carbonyl (C=O) groups excluding carboxylic acids is 2. The molecule has 0 spiro atoms. The summed E-state index contributed by atoms with van der Waals surface area (Å²) in [5.74, 6) is -2.02. The normalized spacial score (nSPS) is 13.5. The SMILES string of the molecule is CC/C=C\C/C=C\C/C=C\C/C=C\C/C=C\C/C=C\C/C=C\C/C=C\C/C=C\CCCCCCCCCCCC(=O)OC(COC(=O)CCCCCCCCCCCCCCCC/C=C\C/C=C\C/C=C\CCCCCCC)COC(OCC[N+](C)(C)C)C(=O)O. The predicted molar refractivity (Wildman–Crippen MR) is 391 cm³/mol. The average molecular weight is 1270 g/mol. The molecule has 0 aliphatic rings. The lowest BCUT2D eigenvalue weighted by Crippen LogP contribution is -2.40. The minimum absolute atomic E-state index is 0.180. The Morgan fingerprint density at radius 2 is 0.626 bits per heavy atom. The first kappa shape index (κ1) is 86.2. The summed E-state index contributed by atoms with van der Waals surface area (Å²) in [5.41, 5.74) is 0. The third-order valence-electron chi connectivity index (χ3n) is 15.6. The molecule has 0 aromatic rings. The number of quaternary nitrogens is 1. The van der Waals surface area contributed by atoms with Gasteiger partial charge in [0.1, 0.15) is 13.2 Å². The number of aliphatic carboxylic acids is 1. The van der Waals surface area contributed by atoms with Crippen LogP contribution in [-0.4, -0.2) is 87.4 Å². The van der Waals surface area contributed by atoms with Crippen molar-refractivity contribution < 1.29 is 42.9 Å². The molecule has 1 N–H and O–H groups in total. The summed E-state index contributed by atoms with van der Waals surface area (Å²) in [6, 6.07) is 0. The van der Waals surface area contributed by atoms with Crippen molar-refractivity contribution in [2.75, 3.05) is 47.5 Å². The van der Waals surface area contributed by atoms with Gasteiger partial charge in [0.25, 0.3) is 6.29 Å². The lowest BCUT2D eigenvalue weighted by Gasteiger charge is -2.25. The van der Waals surface area contributed by atoms with Crippen molar-refractivity contribution in [3.63, 3.8) is 0 Å². The first-order valence-electron chi connectivity index (χ1n) is 37.0. The quantitative estimate of drug-likeness (QED) is 0.0211. The Morgan fingerprint density at radius 3 is 0.934 bits per heavy atom. The zero-order valence-corrected chi connectivity index (χ0v) is 59.2. The van der Waals surface area contributed by atoms with Gasteiger partial charge >= 0.3 is 17.9 Å². The number of hydrogen-bond donors (Lipinski definition) is 1.